The summed E-state index contributed by atoms with van der Waals surface area (Å²) in [5.74, 6) is 0. The highest BCUT2D eigenvalue weighted by atomic mass is 15.3. The lowest BCUT2D eigenvalue weighted by Crippen LogP contribution is -2.33. The summed E-state index contributed by atoms with van der Waals surface area (Å²) in [4.78, 5) is 0. The predicted molar refractivity (Wildman–Crippen MR) is 66.6 cm³/mol. The summed E-state index contributed by atoms with van der Waals surface area (Å²) in [5, 5.41) is 14.7. The van der Waals surface area contributed by atoms with E-state index in [0.717, 1.165) is 12.2 Å². The molecule has 0 amide bonds. The van der Waals surface area contributed by atoms with Crippen molar-refractivity contribution in [2.24, 2.45) is 0 Å². The van der Waals surface area contributed by atoms with Gasteiger partial charge in [0.15, 0.2) is 0 Å². The Morgan fingerprint density at radius 2 is 2.29 bits per heavy atom. The molecule has 0 aliphatic carbocycles. The van der Waals surface area contributed by atoms with E-state index in [2.05, 4.69) is 47.6 Å². The molecule has 0 fully saturated rings. The summed E-state index contributed by atoms with van der Waals surface area (Å²) in [6.45, 7) is 7.18. The molecule has 0 bridgehead atoms. The van der Waals surface area contributed by atoms with Crippen LogP contribution in [0.25, 0.3) is 0 Å². The molecule has 5 nitrogen and oxygen atoms in total. The minimum Gasteiger partial charge on any atom is -0.307 e. The van der Waals surface area contributed by atoms with Gasteiger partial charge in [0.05, 0.1) is 12.2 Å². The van der Waals surface area contributed by atoms with Gasteiger partial charge in [-0.25, -0.2) is 0 Å². The van der Waals surface area contributed by atoms with Gasteiger partial charge in [0.1, 0.15) is 0 Å². The zero-order valence-electron chi connectivity index (χ0n) is 10.5. The van der Waals surface area contributed by atoms with Crippen molar-refractivity contribution in [3.8, 4) is 0 Å². The average Bonchev–Trinajstić information content (AvgIpc) is 2.95. The molecule has 0 aromatic carbocycles. The van der Waals surface area contributed by atoms with E-state index in [9.17, 15) is 0 Å². The maximum atomic E-state index is 4.34. The molecule has 0 aliphatic heterocycles. The van der Waals surface area contributed by atoms with Gasteiger partial charge in [-0.1, -0.05) is 0 Å². The van der Waals surface area contributed by atoms with Gasteiger partial charge in [0, 0.05) is 30.7 Å². The van der Waals surface area contributed by atoms with Crippen LogP contribution in [0.3, 0.4) is 0 Å². The molecule has 2 unspecified atom stereocenters. The van der Waals surface area contributed by atoms with E-state index in [1.807, 2.05) is 16.9 Å². The van der Waals surface area contributed by atoms with Crippen LogP contribution in [0, 0.1) is 6.92 Å². The highest BCUT2D eigenvalue weighted by Crippen LogP contribution is 2.11. The van der Waals surface area contributed by atoms with Crippen LogP contribution < -0.4 is 5.32 Å². The van der Waals surface area contributed by atoms with Gasteiger partial charge in [-0.2, -0.15) is 10.2 Å². The van der Waals surface area contributed by atoms with Gasteiger partial charge >= 0.3 is 0 Å². The van der Waals surface area contributed by atoms with Crippen molar-refractivity contribution in [1.82, 2.24) is 25.3 Å². The lowest BCUT2D eigenvalue weighted by Gasteiger charge is -2.21. The number of nitrogens with one attached hydrogen (secondary N) is 2. The third-order valence-corrected chi connectivity index (χ3v) is 3.04. The Morgan fingerprint density at radius 1 is 1.47 bits per heavy atom. The fourth-order valence-corrected chi connectivity index (χ4v) is 1.71. The average molecular weight is 233 g/mol. The lowest BCUT2D eigenvalue weighted by atomic mass is 10.1. The second-order valence-electron chi connectivity index (χ2n) is 4.49. The van der Waals surface area contributed by atoms with E-state index in [1.54, 1.807) is 6.20 Å². The quantitative estimate of drug-likeness (QED) is 0.825. The van der Waals surface area contributed by atoms with Crippen LogP contribution in [0.15, 0.2) is 24.7 Å². The number of hydrogen-bond donors (Lipinski definition) is 2. The van der Waals surface area contributed by atoms with E-state index >= 15 is 0 Å². The Bertz CT molecular complexity index is 445. The molecule has 2 atom stereocenters. The molecule has 2 heterocycles. The summed E-state index contributed by atoms with van der Waals surface area (Å²) in [7, 11) is 0. The number of aromatic nitrogens is 4. The number of H-pyrrole nitrogens is 1. The van der Waals surface area contributed by atoms with E-state index < -0.39 is 0 Å². The Kier molecular flexibility index (Phi) is 3.58. The molecule has 5 heteroatoms. The molecular weight excluding hydrogens is 214 g/mol. The first kappa shape index (κ1) is 11.9. The van der Waals surface area contributed by atoms with Crippen LogP contribution in [-0.4, -0.2) is 26.0 Å². The van der Waals surface area contributed by atoms with Crippen LogP contribution in [0.5, 0.6) is 0 Å². The van der Waals surface area contributed by atoms with Crippen molar-refractivity contribution >= 4 is 0 Å². The Labute approximate surface area is 101 Å². The summed E-state index contributed by atoms with van der Waals surface area (Å²) >= 11 is 0. The monoisotopic (exact) mass is 233 g/mol. The smallest absolute Gasteiger partial charge is 0.0641 e. The van der Waals surface area contributed by atoms with E-state index in [1.165, 1.54) is 5.56 Å². The van der Waals surface area contributed by atoms with Crippen molar-refractivity contribution in [2.75, 3.05) is 0 Å². The number of aromatic amines is 1. The van der Waals surface area contributed by atoms with E-state index in [-0.39, 0.29) is 0 Å². The first-order chi connectivity index (χ1) is 8.16. The fraction of sp³-hybridized carbons (Fsp3) is 0.500. The maximum absolute atomic E-state index is 4.34. The standard InChI is InChI=1S/C12H19N5/c1-9-6-15-17(8-9)11(3)10(2)13-7-12-4-5-14-16-12/h4-6,8,10-11,13H,7H2,1-3H3,(H,14,16). The molecule has 92 valence electrons. The van der Waals surface area contributed by atoms with Crippen molar-refractivity contribution in [2.45, 2.75) is 39.4 Å². The van der Waals surface area contributed by atoms with Crippen molar-refractivity contribution < 1.29 is 0 Å². The topological polar surface area (TPSA) is 58.5 Å². The van der Waals surface area contributed by atoms with Gasteiger partial charge in [-0.15, -0.1) is 0 Å². The molecule has 0 saturated heterocycles. The Morgan fingerprint density at radius 3 is 2.88 bits per heavy atom. The molecule has 0 saturated carbocycles. The number of aryl methyl sites for hydroxylation is 1. The second-order valence-corrected chi connectivity index (χ2v) is 4.49. The lowest BCUT2D eigenvalue weighted by molar-refractivity contribution is 0.363. The molecular formula is C12H19N5. The molecule has 2 aromatic rings. The third-order valence-electron chi connectivity index (χ3n) is 3.04. The molecule has 0 radical (unpaired) electrons. The van der Waals surface area contributed by atoms with Crippen LogP contribution in [-0.2, 0) is 6.54 Å². The molecule has 17 heavy (non-hydrogen) atoms. The Hall–Kier alpha value is -1.62. The van der Waals surface area contributed by atoms with Gasteiger partial charge in [0.25, 0.3) is 0 Å². The summed E-state index contributed by atoms with van der Waals surface area (Å²) in [6.07, 6.45) is 5.72. The fourth-order valence-electron chi connectivity index (χ4n) is 1.71. The normalized spacial score (nSPS) is 14.8. The third kappa shape index (κ3) is 2.94. The largest absolute Gasteiger partial charge is 0.307 e. The van der Waals surface area contributed by atoms with Crippen LogP contribution in [0.2, 0.25) is 0 Å². The summed E-state index contributed by atoms with van der Waals surface area (Å²) in [5.41, 5.74) is 2.29. The van der Waals surface area contributed by atoms with Gasteiger partial charge in [-0.05, 0) is 32.4 Å². The molecule has 0 spiro atoms. The van der Waals surface area contributed by atoms with Crippen molar-refractivity contribution in [1.29, 1.82) is 0 Å². The highest BCUT2D eigenvalue weighted by molar-refractivity contribution is 5.01. The molecule has 2 N–H and O–H groups in total. The summed E-state index contributed by atoms with van der Waals surface area (Å²) in [6, 6.07) is 2.65. The minimum absolute atomic E-state index is 0.326. The van der Waals surface area contributed by atoms with Crippen LogP contribution >= 0.6 is 0 Å². The van der Waals surface area contributed by atoms with E-state index in [0.29, 0.717) is 12.1 Å². The first-order valence-corrected chi connectivity index (χ1v) is 5.89. The van der Waals surface area contributed by atoms with Gasteiger partial charge in [0.2, 0.25) is 0 Å². The maximum Gasteiger partial charge on any atom is 0.0641 e. The first-order valence-electron chi connectivity index (χ1n) is 5.89. The van der Waals surface area contributed by atoms with Crippen molar-refractivity contribution in [3.05, 3.63) is 35.9 Å². The number of rotatable bonds is 5. The SMILES string of the molecule is Cc1cnn(C(C)C(C)NCc2ccn[nH]2)c1. The molecule has 2 rings (SSSR count). The second kappa shape index (κ2) is 5.14. The van der Waals surface area contributed by atoms with Gasteiger partial charge in [-0.3, -0.25) is 9.78 Å². The number of nitrogens with zero attached hydrogens (tertiary/aromatic N) is 3. The summed E-state index contributed by atoms with van der Waals surface area (Å²) < 4.78 is 2.00. The zero-order chi connectivity index (χ0) is 12.3. The predicted octanol–water partition coefficient (Wildman–Crippen LogP) is 1.65. The van der Waals surface area contributed by atoms with Crippen molar-refractivity contribution in [3.63, 3.8) is 0 Å². The van der Waals surface area contributed by atoms with E-state index in [4.69, 9.17) is 0 Å². The zero-order valence-corrected chi connectivity index (χ0v) is 10.5. The highest BCUT2D eigenvalue weighted by Gasteiger charge is 2.14. The minimum atomic E-state index is 0.326. The van der Waals surface area contributed by atoms with Crippen LogP contribution in [0.1, 0.15) is 31.1 Å². The Balaban J connectivity index is 1.89. The molecule has 2 aromatic heterocycles. The van der Waals surface area contributed by atoms with Gasteiger partial charge < -0.3 is 5.32 Å². The van der Waals surface area contributed by atoms with Crippen LogP contribution in [0.4, 0.5) is 0 Å². The number of hydrogen-bond acceptors (Lipinski definition) is 3. The molecule has 0 aliphatic rings.